The maximum Gasteiger partial charge on any atom is 0.245 e. The molecule has 0 aliphatic rings. The lowest BCUT2D eigenvalue weighted by Crippen LogP contribution is -2.29. The Kier molecular flexibility index (Phi) is 7.60. The zero-order chi connectivity index (χ0) is 19.5. The van der Waals surface area contributed by atoms with Crippen molar-refractivity contribution in [1.29, 1.82) is 0 Å². The van der Waals surface area contributed by atoms with E-state index < -0.39 is 20.6 Å². The van der Waals surface area contributed by atoms with Crippen LogP contribution < -0.4 is 11.1 Å². The molecular weight excluding hydrogens is 384 g/mol. The van der Waals surface area contributed by atoms with Crippen LogP contribution in [-0.4, -0.2) is 19.1 Å². The SMILES string of the molecule is Cc1ccc(C(N)C(=O)Nc2cccc(CS(=O)(=O)C(C)(C)C)c2)cc1.Cl. The lowest BCUT2D eigenvalue weighted by molar-refractivity contribution is -0.117. The van der Waals surface area contributed by atoms with Gasteiger partial charge < -0.3 is 11.1 Å². The van der Waals surface area contributed by atoms with E-state index in [9.17, 15) is 13.2 Å². The molecule has 0 saturated heterocycles. The molecule has 0 aliphatic carbocycles. The number of amides is 1. The minimum atomic E-state index is -3.30. The van der Waals surface area contributed by atoms with Crippen molar-refractivity contribution in [2.75, 3.05) is 5.32 Å². The number of carbonyl (C=O) groups excluding carboxylic acids is 1. The molecule has 1 atom stereocenters. The highest BCUT2D eigenvalue weighted by atomic mass is 35.5. The number of benzene rings is 2. The predicted molar refractivity (Wildman–Crippen MR) is 113 cm³/mol. The van der Waals surface area contributed by atoms with Gasteiger partial charge in [0.15, 0.2) is 9.84 Å². The fourth-order valence-electron chi connectivity index (χ4n) is 2.32. The van der Waals surface area contributed by atoms with Gasteiger partial charge in [0.2, 0.25) is 5.91 Å². The Hall–Kier alpha value is -1.89. The number of rotatable bonds is 5. The summed E-state index contributed by atoms with van der Waals surface area (Å²) in [5.41, 5.74) is 8.99. The van der Waals surface area contributed by atoms with Gasteiger partial charge in [-0.25, -0.2) is 8.42 Å². The number of sulfone groups is 1. The van der Waals surface area contributed by atoms with Crippen LogP contribution in [0.3, 0.4) is 0 Å². The van der Waals surface area contributed by atoms with Crippen LogP contribution in [0.15, 0.2) is 48.5 Å². The maximum atomic E-state index is 12.4. The van der Waals surface area contributed by atoms with Crippen molar-refractivity contribution in [3.63, 3.8) is 0 Å². The molecule has 5 nitrogen and oxygen atoms in total. The molecule has 0 spiro atoms. The standard InChI is InChI=1S/C20H26N2O3S.ClH/c1-14-8-10-16(11-9-14)18(21)19(23)22-17-7-5-6-15(12-17)13-26(24,25)20(2,3)4;/h5-12,18H,13,21H2,1-4H3,(H,22,23);1H. The van der Waals surface area contributed by atoms with Gasteiger partial charge in [0, 0.05) is 5.69 Å². The minimum absolute atomic E-state index is 0. The monoisotopic (exact) mass is 410 g/mol. The maximum absolute atomic E-state index is 12.4. The van der Waals surface area contributed by atoms with E-state index in [1.807, 2.05) is 31.2 Å². The zero-order valence-electron chi connectivity index (χ0n) is 16.0. The molecule has 1 unspecified atom stereocenters. The van der Waals surface area contributed by atoms with Crippen molar-refractivity contribution in [2.45, 2.75) is 44.2 Å². The fourth-order valence-corrected chi connectivity index (χ4v) is 3.37. The highest BCUT2D eigenvalue weighted by Gasteiger charge is 2.29. The average molecular weight is 411 g/mol. The lowest BCUT2D eigenvalue weighted by Gasteiger charge is -2.19. The van der Waals surface area contributed by atoms with Gasteiger partial charge in [-0.05, 0) is 51.0 Å². The van der Waals surface area contributed by atoms with E-state index in [2.05, 4.69) is 5.32 Å². The molecule has 0 bridgehead atoms. The van der Waals surface area contributed by atoms with Crippen molar-refractivity contribution in [3.05, 3.63) is 65.2 Å². The number of hydrogen-bond donors (Lipinski definition) is 2. The second-order valence-electron chi connectivity index (χ2n) is 7.45. The van der Waals surface area contributed by atoms with Gasteiger partial charge >= 0.3 is 0 Å². The van der Waals surface area contributed by atoms with E-state index in [1.165, 1.54) is 0 Å². The average Bonchev–Trinajstić information content (AvgIpc) is 2.53. The van der Waals surface area contributed by atoms with E-state index in [1.54, 1.807) is 45.0 Å². The summed E-state index contributed by atoms with van der Waals surface area (Å²) in [6.07, 6.45) is 0. The van der Waals surface area contributed by atoms with Gasteiger partial charge in [0.05, 0.1) is 10.5 Å². The third kappa shape index (κ3) is 6.06. The van der Waals surface area contributed by atoms with E-state index in [0.29, 0.717) is 11.3 Å². The summed E-state index contributed by atoms with van der Waals surface area (Å²) in [4.78, 5) is 12.4. The van der Waals surface area contributed by atoms with Crippen LogP contribution in [0.5, 0.6) is 0 Å². The van der Waals surface area contributed by atoms with Gasteiger partial charge in [-0.15, -0.1) is 12.4 Å². The Morgan fingerprint density at radius 3 is 2.26 bits per heavy atom. The van der Waals surface area contributed by atoms with Gasteiger partial charge in [0.25, 0.3) is 0 Å². The molecule has 2 aromatic rings. The predicted octanol–water partition coefficient (Wildman–Crippen LogP) is 3.77. The number of anilines is 1. The zero-order valence-corrected chi connectivity index (χ0v) is 17.7. The van der Waals surface area contributed by atoms with Crippen LogP contribution >= 0.6 is 12.4 Å². The molecule has 2 rings (SSSR count). The topological polar surface area (TPSA) is 89.3 Å². The van der Waals surface area contributed by atoms with Crippen LogP contribution in [0.1, 0.15) is 43.5 Å². The summed E-state index contributed by atoms with van der Waals surface area (Å²) < 4.78 is 23.9. The molecule has 0 saturated carbocycles. The Balaban J connectivity index is 0.00000364. The highest BCUT2D eigenvalue weighted by Crippen LogP contribution is 2.22. The van der Waals surface area contributed by atoms with Crippen LogP contribution in [0.4, 0.5) is 5.69 Å². The summed E-state index contributed by atoms with van der Waals surface area (Å²) >= 11 is 0. The van der Waals surface area contributed by atoms with Crippen molar-refractivity contribution < 1.29 is 13.2 Å². The minimum Gasteiger partial charge on any atom is -0.324 e. The molecule has 3 N–H and O–H groups in total. The molecule has 2 aromatic carbocycles. The Morgan fingerprint density at radius 1 is 1.11 bits per heavy atom. The number of nitrogens with one attached hydrogen (secondary N) is 1. The molecule has 148 valence electrons. The first kappa shape index (κ1) is 23.1. The van der Waals surface area contributed by atoms with E-state index in [4.69, 9.17) is 5.73 Å². The normalized spacial score (nSPS) is 12.8. The lowest BCUT2D eigenvalue weighted by atomic mass is 10.1. The number of aryl methyl sites for hydroxylation is 1. The van der Waals surface area contributed by atoms with Crippen molar-refractivity contribution >= 4 is 33.8 Å². The first-order valence-corrected chi connectivity index (χ1v) is 10.1. The summed E-state index contributed by atoms with van der Waals surface area (Å²) in [5, 5.41) is 2.76. The largest absolute Gasteiger partial charge is 0.324 e. The first-order chi connectivity index (χ1) is 12.0. The first-order valence-electron chi connectivity index (χ1n) is 8.44. The molecule has 0 aliphatic heterocycles. The molecule has 1 amide bonds. The highest BCUT2D eigenvalue weighted by molar-refractivity contribution is 7.91. The Bertz CT molecular complexity index is 888. The molecule has 0 radical (unpaired) electrons. The third-order valence-corrected chi connectivity index (χ3v) is 6.78. The van der Waals surface area contributed by atoms with E-state index in [-0.39, 0.29) is 24.1 Å². The number of hydrogen-bond acceptors (Lipinski definition) is 4. The van der Waals surface area contributed by atoms with Gasteiger partial charge in [-0.1, -0.05) is 42.0 Å². The second-order valence-corrected chi connectivity index (χ2v) is 10.2. The van der Waals surface area contributed by atoms with Gasteiger partial charge in [0.1, 0.15) is 6.04 Å². The van der Waals surface area contributed by atoms with Gasteiger partial charge in [-0.3, -0.25) is 4.79 Å². The van der Waals surface area contributed by atoms with Gasteiger partial charge in [-0.2, -0.15) is 0 Å². The van der Waals surface area contributed by atoms with Crippen molar-refractivity contribution in [3.8, 4) is 0 Å². The molecule has 27 heavy (non-hydrogen) atoms. The van der Waals surface area contributed by atoms with Crippen LogP contribution in [0.25, 0.3) is 0 Å². The molecule has 7 heteroatoms. The summed E-state index contributed by atoms with van der Waals surface area (Å²) in [6, 6.07) is 13.5. The number of carbonyl (C=O) groups is 1. The number of halogens is 1. The van der Waals surface area contributed by atoms with Crippen molar-refractivity contribution in [1.82, 2.24) is 0 Å². The Labute approximate surface area is 167 Å². The fraction of sp³-hybridized carbons (Fsp3) is 0.350. The quantitative estimate of drug-likeness (QED) is 0.785. The summed E-state index contributed by atoms with van der Waals surface area (Å²) in [5.74, 6) is -0.422. The third-order valence-electron chi connectivity index (χ3n) is 4.20. The van der Waals surface area contributed by atoms with E-state index >= 15 is 0 Å². The Morgan fingerprint density at radius 2 is 1.70 bits per heavy atom. The number of nitrogens with two attached hydrogens (primary N) is 1. The van der Waals surface area contributed by atoms with Crippen LogP contribution in [-0.2, 0) is 20.4 Å². The second kappa shape index (κ2) is 8.87. The molecular formula is C20H27ClN2O3S. The summed E-state index contributed by atoms with van der Waals surface area (Å²) in [7, 11) is -3.30. The summed E-state index contributed by atoms with van der Waals surface area (Å²) in [6.45, 7) is 6.99. The molecule has 0 aromatic heterocycles. The van der Waals surface area contributed by atoms with E-state index in [0.717, 1.165) is 11.1 Å². The molecule has 0 heterocycles. The van der Waals surface area contributed by atoms with Crippen LogP contribution in [0.2, 0.25) is 0 Å². The smallest absolute Gasteiger partial charge is 0.245 e. The van der Waals surface area contributed by atoms with Crippen LogP contribution in [0, 0.1) is 6.92 Å². The molecule has 0 fully saturated rings. The van der Waals surface area contributed by atoms with Crippen molar-refractivity contribution in [2.24, 2.45) is 5.73 Å².